The molecule has 0 bridgehead atoms. The summed E-state index contributed by atoms with van der Waals surface area (Å²) in [6.45, 7) is 6.10. The largest absolute Gasteiger partial charge is 0.321 e. The van der Waals surface area contributed by atoms with Gasteiger partial charge in [-0.25, -0.2) is 4.98 Å². The Bertz CT molecular complexity index is 1190. The zero-order valence-electron chi connectivity index (χ0n) is 18.7. The Kier molecular flexibility index (Phi) is 6.11. The molecule has 168 valence electrons. The van der Waals surface area contributed by atoms with Crippen molar-refractivity contribution in [2.24, 2.45) is 0 Å². The van der Waals surface area contributed by atoms with Gasteiger partial charge in [-0.2, -0.15) is 0 Å². The van der Waals surface area contributed by atoms with Crippen molar-refractivity contribution in [3.8, 4) is 0 Å². The maximum atomic E-state index is 13.1. The average molecular weight is 451 g/mol. The van der Waals surface area contributed by atoms with Gasteiger partial charge in [-0.15, -0.1) is 11.3 Å². The molecule has 1 saturated heterocycles. The molecule has 2 aliphatic heterocycles. The van der Waals surface area contributed by atoms with Gasteiger partial charge in [0, 0.05) is 25.2 Å². The number of aromatic nitrogens is 2. The summed E-state index contributed by atoms with van der Waals surface area (Å²) in [5, 5.41) is 3.61. The van der Waals surface area contributed by atoms with E-state index in [2.05, 4.69) is 22.3 Å². The minimum absolute atomic E-state index is 0.00190. The van der Waals surface area contributed by atoms with E-state index in [-0.39, 0.29) is 11.5 Å². The summed E-state index contributed by atoms with van der Waals surface area (Å²) < 4.78 is 1.82. The first-order chi connectivity index (χ1) is 15.6. The first-order valence-corrected chi connectivity index (χ1v) is 12.6. The predicted molar refractivity (Wildman–Crippen MR) is 130 cm³/mol. The maximum Gasteiger partial charge on any atom is 0.266 e. The quantitative estimate of drug-likeness (QED) is 0.626. The van der Waals surface area contributed by atoms with Crippen molar-refractivity contribution in [1.82, 2.24) is 14.5 Å². The lowest BCUT2D eigenvalue weighted by Crippen LogP contribution is -2.24. The first-order valence-electron chi connectivity index (χ1n) is 11.8. The van der Waals surface area contributed by atoms with Crippen LogP contribution in [0.15, 0.2) is 29.1 Å². The molecule has 5 rings (SSSR count). The van der Waals surface area contributed by atoms with Crippen LogP contribution in [0, 0.1) is 6.92 Å². The van der Waals surface area contributed by atoms with Crippen LogP contribution in [-0.2, 0) is 19.4 Å². The monoisotopic (exact) mass is 450 g/mol. The number of likely N-dealkylation sites (tertiary alicyclic amines) is 1. The summed E-state index contributed by atoms with van der Waals surface area (Å²) in [5.74, 6) is 0.688. The Morgan fingerprint density at radius 2 is 1.81 bits per heavy atom. The van der Waals surface area contributed by atoms with Crippen LogP contribution in [0.3, 0.4) is 0 Å². The lowest BCUT2D eigenvalue weighted by Gasteiger charge is -2.14. The standard InChI is InChI=1S/C25H30N4O2S/c1-17-21-24(27-20-7-3-2-4-15-29(20)25(21)31)32-22(17)23(30)26-19-10-8-18(9-11-19)12-16-28-13-5-6-14-28/h8-11H,2-7,12-16H2,1H3,(H,26,30). The molecule has 1 amide bonds. The third-order valence-corrected chi connectivity index (χ3v) is 7.93. The number of carbonyl (C=O) groups excluding carboxylic acids is 1. The minimum Gasteiger partial charge on any atom is -0.321 e. The highest BCUT2D eigenvalue weighted by Crippen LogP contribution is 2.29. The van der Waals surface area contributed by atoms with Crippen molar-refractivity contribution < 1.29 is 4.79 Å². The molecule has 0 saturated carbocycles. The molecule has 2 aliphatic rings. The van der Waals surface area contributed by atoms with Gasteiger partial charge in [0.25, 0.3) is 11.5 Å². The molecule has 6 nitrogen and oxygen atoms in total. The van der Waals surface area contributed by atoms with Crippen LogP contribution in [0.25, 0.3) is 10.2 Å². The second-order valence-electron chi connectivity index (χ2n) is 8.98. The van der Waals surface area contributed by atoms with Crippen molar-refractivity contribution in [3.05, 3.63) is 56.4 Å². The van der Waals surface area contributed by atoms with E-state index < -0.39 is 0 Å². The van der Waals surface area contributed by atoms with Gasteiger partial charge in [-0.1, -0.05) is 18.6 Å². The van der Waals surface area contributed by atoms with E-state index in [1.54, 1.807) is 0 Å². The zero-order valence-corrected chi connectivity index (χ0v) is 19.5. The molecule has 4 heterocycles. The number of carbonyl (C=O) groups is 1. The Balaban J connectivity index is 1.33. The Hall–Kier alpha value is -2.51. The number of thiophene rings is 1. The van der Waals surface area contributed by atoms with Crippen LogP contribution >= 0.6 is 11.3 Å². The van der Waals surface area contributed by atoms with Gasteiger partial charge in [-0.3, -0.25) is 14.2 Å². The van der Waals surface area contributed by atoms with E-state index in [0.29, 0.717) is 15.1 Å². The van der Waals surface area contributed by atoms with Crippen LogP contribution in [0.4, 0.5) is 5.69 Å². The van der Waals surface area contributed by atoms with E-state index in [1.807, 2.05) is 23.6 Å². The molecule has 1 N–H and O–H groups in total. The van der Waals surface area contributed by atoms with Crippen LogP contribution < -0.4 is 10.9 Å². The van der Waals surface area contributed by atoms with Crippen molar-refractivity contribution in [2.75, 3.05) is 25.0 Å². The number of amides is 1. The summed E-state index contributed by atoms with van der Waals surface area (Å²) in [6, 6.07) is 8.12. The van der Waals surface area contributed by atoms with Gasteiger partial charge in [0.15, 0.2) is 0 Å². The van der Waals surface area contributed by atoms with E-state index in [9.17, 15) is 9.59 Å². The van der Waals surface area contributed by atoms with E-state index >= 15 is 0 Å². The highest BCUT2D eigenvalue weighted by atomic mass is 32.1. The van der Waals surface area contributed by atoms with Crippen LogP contribution in [-0.4, -0.2) is 40.0 Å². The number of aryl methyl sites for hydroxylation is 2. The third-order valence-electron chi connectivity index (χ3n) is 6.74. The number of hydrogen-bond donors (Lipinski definition) is 1. The van der Waals surface area contributed by atoms with Crippen LogP contribution in [0.5, 0.6) is 0 Å². The summed E-state index contributed by atoms with van der Waals surface area (Å²) in [7, 11) is 0. The lowest BCUT2D eigenvalue weighted by atomic mass is 10.1. The molecule has 0 atom stereocenters. The molecule has 7 heteroatoms. The SMILES string of the molecule is Cc1c(C(=O)Nc2ccc(CCN3CCCC3)cc2)sc2nc3n(c(=O)c12)CCCCC3. The smallest absolute Gasteiger partial charge is 0.266 e. The predicted octanol–water partition coefficient (Wildman–Crippen LogP) is 4.38. The van der Waals surface area contributed by atoms with E-state index in [1.165, 1.54) is 42.8 Å². The first kappa shape index (κ1) is 21.3. The van der Waals surface area contributed by atoms with Crippen LogP contribution in [0.2, 0.25) is 0 Å². The summed E-state index contributed by atoms with van der Waals surface area (Å²) >= 11 is 1.33. The topological polar surface area (TPSA) is 67.2 Å². The normalized spacial score (nSPS) is 16.8. The minimum atomic E-state index is -0.171. The van der Waals surface area contributed by atoms with Gasteiger partial charge in [0.05, 0.1) is 10.3 Å². The van der Waals surface area contributed by atoms with Gasteiger partial charge < -0.3 is 10.2 Å². The fourth-order valence-corrected chi connectivity index (χ4v) is 5.95. The van der Waals surface area contributed by atoms with Crippen molar-refractivity contribution in [1.29, 1.82) is 0 Å². The molecule has 32 heavy (non-hydrogen) atoms. The molecule has 0 aliphatic carbocycles. The highest BCUT2D eigenvalue weighted by molar-refractivity contribution is 7.20. The number of hydrogen-bond acceptors (Lipinski definition) is 5. The number of nitrogens with zero attached hydrogens (tertiary/aromatic N) is 3. The second kappa shape index (κ2) is 9.16. The van der Waals surface area contributed by atoms with E-state index in [0.717, 1.165) is 62.3 Å². The molecule has 0 unspecified atom stereocenters. The van der Waals surface area contributed by atoms with Gasteiger partial charge in [0.1, 0.15) is 10.7 Å². The fourth-order valence-electron chi connectivity index (χ4n) is 4.86. The summed E-state index contributed by atoms with van der Waals surface area (Å²) in [6.07, 6.45) is 7.67. The molecular formula is C25H30N4O2S. The Morgan fingerprint density at radius 3 is 2.59 bits per heavy atom. The molecule has 3 aromatic rings. The molecule has 1 aromatic carbocycles. The molecule has 0 spiro atoms. The Labute approximate surface area is 192 Å². The van der Waals surface area contributed by atoms with Crippen molar-refractivity contribution in [3.63, 3.8) is 0 Å². The van der Waals surface area contributed by atoms with Crippen LogP contribution in [0.1, 0.15) is 58.7 Å². The average Bonchev–Trinajstić information content (AvgIpc) is 3.35. The number of nitrogens with one attached hydrogen (secondary N) is 1. The third kappa shape index (κ3) is 4.24. The van der Waals surface area contributed by atoms with Crippen molar-refractivity contribution in [2.45, 2.75) is 58.4 Å². The number of fused-ring (bicyclic) bond motifs is 2. The summed E-state index contributed by atoms with van der Waals surface area (Å²) in [4.78, 5) is 34.7. The molecule has 0 radical (unpaired) electrons. The lowest BCUT2D eigenvalue weighted by molar-refractivity contribution is 0.103. The molecule has 2 aromatic heterocycles. The second-order valence-corrected chi connectivity index (χ2v) is 9.98. The highest BCUT2D eigenvalue weighted by Gasteiger charge is 2.22. The van der Waals surface area contributed by atoms with Gasteiger partial charge >= 0.3 is 0 Å². The number of benzene rings is 1. The fraction of sp³-hybridized carbons (Fsp3) is 0.480. The van der Waals surface area contributed by atoms with E-state index in [4.69, 9.17) is 4.98 Å². The summed E-state index contributed by atoms with van der Waals surface area (Å²) in [5.41, 5.74) is 2.80. The Morgan fingerprint density at radius 1 is 1.06 bits per heavy atom. The molecule has 1 fully saturated rings. The van der Waals surface area contributed by atoms with Gasteiger partial charge in [0.2, 0.25) is 0 Å². The van der Waals surface area contributed by atoms with Gasteiger partial charge in [-0.05, 0) is 75.4 Å². The van der Waals surface area contributed by atoms with Crippen molar-refractivity contribution >= 4 is 33.1 Å². The molecular weight excluding hydrogens is 420 g/mol. The zero-order chi connectivity index (χ0) is 22.1. The maximum absolute atomic E-state index is 13.1. The number of anilines is 1. The number of rotatable bonds is 5.